The van der Waals surface area contributed by atoms with Gasteiger partial charge >= 0.3 is 0 Å². The van der Waals surface area contributed by atoms with Gasteiger partial charge in [-0.15, -0.1) is 0 Å². The lowest BCUT2D eigenvalue weighted by atomic mass is 9.71. The second-order valence-corrected chi connectivity index (χ2v) is 22.1. The zero-order chi connectivity index (χ0) is 46.2. The molecule has 14 rings (SSSR count). The number of hydrogen-bond donors (Lipinski definition) is 0. The standard InChI is InChI=1S/C66H54N2/c1-63(2)49-27-15-13-23-41(49)47-33-55-61(37-53(47)63)67(57-31-19-17-29-51(57)65(55,5)6)59-35-45-40-22-10-12-26-44(40)60(36-46(45)39-21-9-11-25-43(39)59)68-58-32-20-18-30-52(58)66(7,8)56-34-48-42-24-14-16-28-50(42)64(3,4)54(48)38-62(56)68/h9-38H,1-8H3. The van der Waals surface area contributed by atoms with Crippen molar-refractivity contribution in [2.45, 2.75) is 77.0 Å². The molecule has 0 amide bonds. The minimum Gasteiger partial charge on any atom is -0.309 e. The van der Waals surface area contributed by atoms with Crippen LogP contribution in [0.15, 0.2) is 182 Å². The van der Waals surface area contributed by atoms with Gasteiger partial charge in [0.1, 0.15) is 0 Å². The maximum absolute atomic E-state index is 2.61. The van der Waals surface area contributed by atoms with Crippen LogP contribution in [0.3, 0.4) is 0 Å². The van der Waals surface area contributed by atoms with E-state index in [0.29, 0.717) is 0 Å². The third-order valence-corrected chi connectivity index (χ3v) is 17.2. The molecule has 4 aliphatic rings. The Labute approximate surface area is 400 Å². The summed E-state index contributed by atoms with van der Waals surface area (Å²) < 4.78 is 0. The molecule has 0 saturated carbocycles. The highest BCUT2D eigenvalue weighted by atomic mass is 15.2. The van der Waals surface area contributed by atoms with Crippen LogP contribution in [0.25, 0.3) is 54.6 Å². The molecule has 0 fully saturated rings. The molecule has 2 aliphatic carbocycles. The molecule has 0 unspecified atom stereocenters. The molecule has 10 aromatic carbocycles. The van der Waals surface area contributed by atoms with Crippen LogP contribution in [-0.4, -0.2) is 0 Å². The number of fused-ring (bicyclic) bond motifs is 15. The smallest absolute Gasteiger partial charge is 0.0546 e. The number of benzene rings is 10. The summed E-state index contributed by atoms with van der Waals surface area (Å²) in [5, 5.41) is 7.49. The van der Waals surface area contributed by atoms with Crippen LogP contribution in [0.1, 0.15) is 99.9 Å². The Morgan fingerprint density at radius 2 is 0.544 bits per heavy atom. The molecule has 2 heteroatoms. The van der Waals surface area contributed by atoms with Gasteiger partial charge in [0.2, 0.25) is 0 Å². The summed E-state index contributed by atoms with van der Waals surface area (Å²) >= 11 is 0. The van der Waals surface area contributed by atoms with Gasteiger partial charge in [-0.05, 0) is 137 Å². The zero-order valence-electron chi connectivity index (χ0n) is 40.2. The summed E-state index contributed by atoms with van der Waals surface area (Å²) in [6.45, 7) is 19.3. The van der Waals surface area contributed by atoms with Gasteiger partial charge < -0.3 is 9.80 Å². The van der Waals surface area contributed by atoms with E-state index in [2.05, 4.69) is 247 Å². The first kappa shape index (κ1) is 39.7. The van der Waals surface area contributed by atoms with E-state index in [1.165, 1.54) is 133 Å². The molecular formula is C66H54N2. The fourth-order valence-electron chi connectivity index (χ4n) is 13.6. The van der Waals surface area contributed by atoms with Crippen molar-refractivity contribution in [3.8, 4) is 22.3 Å². The summed E-state index contributed by atoms with van der Waals surface area (Å²) in [4.78, 5) is 5.22. The third kappa shape index (κ3) is 4.93. The van der Waals surface area contributed by atoms with E-state index in [1.807, 2.05) is 0 Å². The summed E-state index contributed by atoms with van der Waals surface area (Å²) in [5.74, 6) is 0. The predicted molar refractivity (Wildman–Crippen MR) is 288 cm³/mol. The minimum atomic E-state index is -0.221. The van der Waals surface area contributed by atoms with E-state index in [1.54, 1.807) is 0 Å². The lowest BCUT2D eigenvalue weighted by Gasteiger charge is -2.43. The Morgan fingerprint density at radius 1 is 0.221 bits per heavy atom. The predicted octanol–water partition coefficient (Wildman–Crippen LogP) is 18.0. The monoisotopic (exact) mass is 874 g/mol. The van der Waals surface area contributed by atoms with Crippen LogP contribution < -0.4 is 9.80 Å². The fraction of sp³-hybridized carbons (Fsp3) is 0.182. The largest absolute Gasteiger partial charge is 0.309 e. The number of nitrogens with zero attached hydrogens (tertiary/aromatic N) is 2. The highest BCUT2D eigenvalue weighted by Gasteiger charge is 2.45. The van der Waals surface area contributed by atoms with Crippen molar-refractivity contribution < 1.29 is 0 Å². The maximum Gasteiger partial charge on any atom is 0.0546 e. The highest BCUT2D eigenvalue weighted by molar-refractivity contribution is 6.25. The van der Waals surface area contributed by atoms with Gasteiger partial charge in [-0.3, -0.25) is 0 Å². The van der Waals surface area contributed by atoms with Crippen molar-refractivity contribution in [3.63, 3.8) is 0 Å². The number of anilines is 6. The number of rotatable bonds is 2. The first-order valence-corrected chi connectivity index (χ1v) is 24.5. The number of hydrogen-bond acceptors (Lipinski definition) is 2. The Hall–Kier alpha value is -7.42. The third-order valence-electron chi connectivity index (χ3n) is 17.2. The highest BCUT2D eigenvalue weighted by Crippen LogP contribution is 2.61. The Balaban J connectivity index is 1.05. The van der Waals surface area contributed by atoms with E-state index in [0.717, 1.165) is 0 Å². The van der Waals surface area contributed by atoms with Crippen molar-refractivity contribution >= 4 is 66.4 Å². The first-order chi connectivity index (χ1) is 32.8. The van der Waals surface area contributed by atoms with Crippen LogP contribution in [0, 0.1) is 0 Å². The topological polar surface area (TPSA) is 6.48 Å². The van der Waals surface area contributed by atoms with E-state index in [-0.39, 0.29) is 21.7 Å². The molecular weight excluding hydrogens is 821 g/mol. The van der Waals surface area contributed by atoms with Gasteiger partial charge in [0.05, 0.1) is 34.1 Å². The van der Waals surface area contributed by atoms with E-state index >= 15 is 0 Å². The lowest BCUT2D eigenvalue weighted by Crippen LogP contribution is -2.31. The molecule has 0 radical (unpaired) electrons. The van der Waals surface area contributed by atoms with Crippen LogP contribution in [0.2, 0.25) is 0 Å². The van der Waals surface area contributed by atoms with E-state index in [9.17, 15) is 0 Å². The SMILES string of the molecule is CC1(C)c2ccccc2-c2cc3c(cc21)N(c1cc2c4ccccc4c(N4c5ccccc5C(C)(C)c5cc6c(cc54)C(C)(C)c4ccccc4-6)cc2c2ccccc12)c1ccccc1C3(C)C. The summed E-state index contributed by atoms with van der Waals surface area (Å²) in [7, 11) is 0. The molecule has 2 nitrogen and oxygen atoms in total. The molecule has 328 valence electrons. The van der Waals surface area contributed by atoms with Crippen molar-refractivity contribution in [3.05, 3.63) is 226 Å². The van der Waals surface area contributed by atoms with Gasteiger partial charge in [0.15, 0.2) is 0 Å². The van der Waals surface area contributed by atoms with Crippen LogP contribution in [0.5, 0.6) is 0 Å². The van der Waals surface area contributed by atoms with Crippen LogP contribution in [-0.2, 0) is 21.7 Å². The molecule has 10 aromatic rings. The number of para-hydroxylation sites is 2. The summed E-state index contributed by atoms with van der Waals surface area (Å²) in [6, 6.07) is 69.9. The molecule has 0 saturated heterocycles. The molecule has 68 heavy (non-hydrogen) atoms. The van der Waals surface area contributed by atoms with Gasteiger partial charge in [-0.1, -0.05) is 189 Å². The molecule has 0 spiro atoms. The van der Waals surface area contributed by atoms with Gasteiger partial charge in [0.25, 0.3) is 0 Å². The first-order valence-electron chi connectivity index (χ1n) is 24.5. The molecule has 2 heterocycles. The summed E-state index contributed by atoms with van der Waals surface area (Å²) in [6.07, 6.45) is 0. The molecule has 0 aromatic heterocycles. The van der Waals surface area contributed by atoms with E-state index < -0.39 is 0 Å². The van der Waals surface area contributed by atoms with Crippen molar-refractivity contribution in [2.24, 2.45) is 0 Å². The normalized spacial score (nSPS) is 16.9. The molecule has 2 aliphatic heterocycles. The van der Waals surface area contributed by atoms with Crippen LogP contribution in [0.4, 0.5) is 34.1 Å². The van der Waals surface area contributed by atoms with Gasteiger partial charge in [-0.25, -0.2) is 0 Å². The van der Waals surface area contributed by atoms with Gasteiger partial charge in [0, 0.05) is 32.4 Å². The van der Waals surface area contributed by atoms with Crippen LogP contribution >= 0.6 is 0 Å². The second-order valence-electron chi connectivity index (χ2n) is 22.1. The average molecular weight is 875 g/mol. The Kier molecular flexibility index (Phi) is 7.69. The minimum absolute atomic E-state index is 0.132. The zero-order valence-corrected chi connectivity index (χ0v) is 40.2. The maximum atomic E-state index is 2.61. The van der Waals surface area contributed by atoms with Crippen molar-refractivity contribution in [1.29, 1.82) is 0 Å². The second kappa shape index (κ2) is 13.2. The molecule has 0 atom stereocenters. The Morgan fingerprint density at radius 3 is 0.956 bits per heavy atom. The Bertz CT molecular complexity index is 3620. The quantitative estimate of drug-likeness (QED) is 0.160. The van der Waals surface area contributed by atoms with Crippen molar-refractivity contribution in [1.82, 2.24) is 0 Å². The fourth-order valence-corrected chi connectivity index (χ4v) is 13.6. The van der Waals surface area contributed by atoms with Crippen molar-refractivity contribution in [2.75, 3.05) is 9.80 Å². The van der Waals surface area contributed by atoms with Gasteiger partial charge in [-0.2, -0.15) is 0 Å². The lowest BCUT2D eigenvalue weighted by molar-refractivity contribution is 0.627. The molecule has 0 N–H and O–H groups in total. The molecule has 0 bridgehead atoms. The summed E-state index contributed by atoms with van der Waals surface area (Å²) in [5.41, 5.74) is 23.1. The average Bonchev–Trinajstić information content (AvgIpc) is 3.72. The van der Waals surface area contributed by atoms with E-state index in [4.69, 9.17) is 0 Å².